The van der Waals surface area contributed by atoms with E-state index in [1.807, 2.05) is 17.4 Å². The van der Waals surface area contributed by atoms with E-state index in [9.17, 15) is 13.2 Å². The lowest BCUT2D eigenvalue weighted by Crippen LogP contribution is -2.15. The van der Waals surface area contributed by atoms with Gasteiger partial charge in [0.05, 0.1) is 0 Å². The second-order valence-corrected chi connectivity index (χ2v) is 10.9. The molecule has 0 aliphatic heterocycles. The molecular formula is C32H33F3S. The Kier molecular flexibility index (Phi) is 8.68. The topological polar surface area (TPSA) is 0 Å². The number of rotatable bonds is 8. The van der Waals surface area contributed by atoms with E-state index in [0.717, 1.165) is 60.6 Å². The normalized spacial score (nSPS) is 18.7. The van der Waals surface area contributed by atoms with Crippen LogP contribution in [0.25, 0.3) is 23.8 Å². The fourth-order valence-electron chi connectivity index (χ4n) is 4.90. The highest BCUT2D eigenvalue weighted by molar-refractivity contribution is 7.09. The second-order valence-electron chi connectivity index (χ2n) is 9.76. The number of benzene rings is 2. The van der Waals surface area contributed by atoms with Crippen LogP contribution in [0.5, 0.6) is 0 Å². The molecule has 0 spiro atoms. The molecular weight excluding hydrogens is 473 g/mol. The molecule has 3 aromatic rings. The third kappa shape index (κ3) is 6.47. The summed E-state index contributed by atoms with van der Waals surface area (Å²) in [5.41, 5.74) is 2.59. The first-order valence-electron chi connectivity index (χ1n) is 12.8. The van der Waals surface area contributed by atoms with Crippen molar-refractivity contribution in [3.8, 4) is 11.1 Å². The van der Waals surface area contributed by atoms with Crippen molar-refractivity contribution in [2.24, 2.45) is 5.92 Å². The number of unbranched alkanes of at least 4 members (excludes halogenated alkanes) is 1. The zero-order valence-electron chi connectivity index (χ0n) is 20.8. The largest absolute Gasteiger partial charge is 0.206 e. The molecule has 1 aliphatic carbocycles. The molecule has 1 saturated carbocycles. The molecule has 0 nitrogen and oxygen atoms in total. The molecule has 1 fully saturated rings. The molecule has 0 atom stereocenters. The molecule has 4 heteroatoms. The van der Waals surface area contributed by atoms with Crippen LogP contribution in [0.3, 0.4) is 0 Å². The van der Waals surface area contributed by atoms with Crippen LogP contribution in [0.15, 0.2) is 66.8 Å². The van der Waals surface area contributed by atoms with Crippen molar-refractivity contribution in [1.82, 2.24) is 0 Å². The summed E-state index contributed by atoms with van der Waals surface area (Å²) in [5.74, 6) is -1.51. The zero-order chi connectivity index (χ0) is 25.7. The number of thiophene rings is 1. The monoisotopic (exact) mass is 506 g/mol. The Hall–Kier alpha value is -2.85. The van der Waals surface area contributed by atoms with Gasteiger partial charge in [0, 0.05) is 15.0 Å². The lowest BCUT2D eigenvalue weighted by Gasteiger charge is -2.27. The molecule has 1 aromatic heterocycles. The lowest BCUT2D eigenvalue weighted by molar-refractivity contribution is 0.375. The Morgan fingerprint density at radius 2 is 1.75 bits per heavy atom. The molecule has 0 unspecified atom stereocenters. The molecule has 0 amide bonds. The van der Waals surface area contributed by atoms with Crippen molar-refractivity contribution in [3.63, 3.8) is 0 Å². The van der Waals surface area contributed by atoms with Gasteiger partial charge >= 0.3 is 0 Å². The summed E-state index contributed by atoms with van der Waals surface area (Å²) < 4.78 is 42.8. The molecule has 0 N–H and O–H groups in total. The van der Waals surface area contributed by atoms with Gasteiger partial charge in [-0.2, -0.15) is 0 Å². The third-order valence-corrected chi connectivity index (χ3v) is 8.22. The molecule has 188 valence electrons. The third-order valence-electron chi connectivity index (χ3n) is 7.04. The van der Waals surface area contributed by atoms with Gasteiger partial charge in [-0.1, -0.05) is 56.9 Å². The summed E-state index contributed by atoms with van der Waals surface area (Å²) in [6.07, 6.45) is 14.1. The van der Waals surface area contributed by atoms with Crippen LogP contribution in [-0.4, -0.2) is 0 Å². The van der Waals surface area contributed by atoms with E-state index in [0.29, 0.717) is 17.4 Å². The number of hydrogen-bond acceptors (Lipinski definition) is 1. The van der Waals surface area contributed by atoms with Gasteiger partial charge in [-0.15, -0.1) is 11.3 Å². The van der Waals surface area contributed by atoms with Gasteiger partial charge in [0.25, 0.3) is 0 Å². The van der Waals surface area contributed by atoms with E-state index in [4.69, 9.17) is 0 Å². The lowest BCUT2D eigenvalue weighted by atomic mass is 9.78. The Bertz CT molecular complexity index is 1360. The molecule has 4 rings (SSSR count). The van der Waals surface area contributed by atoms with Gasteiger partial charge in [0.1, 0.15) is 5.82 Å². The van der Waals surface area contributed by atoms with Gasteiger partial charge in [-0.05, 0) is 103 Å². The molecule has 0 radical (unpaired) electrons. The van der Waals surface area contributed by atoms with Crippen molar-refractivity contribution in [2.75, 3.05) is 0 Å². The number of halogens is 3. The van der Waals surface area contributed by atoms with Crippen LogP contribution in [0.1, 0.15) is 61.8 Å². The minimum Gasteiger partial charge on any atom is -0.206 e. The Labute approximate surface area is 216 Å². The van der Waals surface area contributed by atoms with Crippen molar-refractivity contribution >= 4 is 24.0 Å². The van der Waals surface area contributed by atoms with Crippen molar-refractivity contribution in [1.29, 1.82) is 0 Å². The first-order valence-corrected chi connectivity index (χ1v) is 13.6. The number of hydrogen-bond donors (Lipinski definition) is 0. The minimum absolute atomic E-state index is 0.290. The zero-order valence-corrected chi connectivity index (χ0v) is 21.7. The van der Waals surface area contributed by atoms with Crippen LogP contribution in [0.2, 0.25) is 0 Å². The van der Waals surface area contributed by atoms with E-state index in [1.165, 1.54) is 28.3 Å². The maximum Gasteiger partial charge on any atom is 0.159 e. The summed E-state index contributed by atoms with van der Waals surface area (Å²) in [4.78, 5) is 1.39. The predicted molar refractivity (Wildman–Crippen MR) is 147 cm³/mol. The fourth-order valence-corrected chi connectivity index (χ4v) is 6.03. The molecule has 0 bridgehead atoms. The van der Waals surface area contributed by atoms with Crippen LogP contribution >= 0.6 is 11.3 Å². The summed E-state index contributed by atoms with van der Waals surface area (Å²) in [5, 5.41) is 1.07. The quantitative estimate of drug-likeness (QED) is 0.269. The van der Waals surface area contributed by atoms with E-state index < -0.39 is 17.5 Å². The molecule has 1 heterocycles. The van der Waals surface area contributed by atoms with Crippen LogP contribution < -0.4 is 9.75 Å². The van der Waals surface area contributed by atoms with Crippen LogP contribution in [0.4, 0.5) is 13.2 Å². The van der Waals surface area contributed by atoms with E-state index >= 15 is 0 Å². The summed E-state index contributed by atoms with van der Waals surface area (Å²) in [7, 11) is 0. The molecule has 0 saturated heterocycles. The smallest absolute Gasteiger partial charge is 0.159 e. The highest BCUT2D eigenvalue weighted by atomic mass is 32.1. The molecule has 2 aromatic carbocycles. The van der Waals surface area contributed by atoms with E-state index in [2.05, 4.69) is 44.4 Å². The summed E-state index contributed by atoms with van der Waals surface area (Å²) >= 11 is 1.81. The standard InChI is InChI=1S/C32H33F3S/c1-4-5-6-27-18-22(3)32(36-27)17-21(2)7-8-23-9-11-24(12-10-23)25-13-15-28(30(34)19-25)26-14-16-29(33)31(35)20-26/h7-8,13-20,23-24H,2-6,9-12H2,1H3/b8-7+,32-17+. The Morgan fingerprint density at radius 3 is 2.44 bits per heavy atom. The van der Waals surface area contributed by atoms with Gasteiger partial charge < -0.3 is 0 Å². The van der Waals surface area contributed by atoms with Crippen molar-refractivity contribution < 1.29 is 13.2 Å². The maximum absolute atomic E-state index is 14.8. The minimum atomic E-state index is -0.971. The maximum atomic E-state index is 14.8. The first-order chi connectivity index (χ1) is 17.3. The SMILES string of the molecule is C=C(/C=C/C1CCC(c2ccc(-c3ccc(F)c(F)c3)c(F)c2)CC1)/C=c1/sc(CCCC)cc1=C. The van der Waals surface area contributed by atoms with Crippen molar-refractivity contribution in [2.45, 2.75) is 57.8 Å². The number of allylic oxidation sites excluding steroid dienone is 3. The highest BCUT2D eigenvalue weighted by Gasteiger charge is 2.22. The van der Waals surface area contributed by atoms with E-state index in [1.54, 1.807) is 12.1 Å². The van der Waals surface area contributed by atoms with Gasteiger partial charge in [-0.3, -0.25) is 0 Å². The average molecular weight is 507 g/mol. The Balaban J connectivity index is 1.35. The first kappa shape index (κ1) is 26.2. The van der Waals surface area contributed by atoms with Gasteiger partial charge in [-0.25, -0.2) is 13.2 Å². The molecule has 1 aliphatic rings. The fraction of sp³-hybridized carbons (Fsp3) is 0.312. The predicted octanol–water partition coefficient (Wildman–Crippen LogP) is 8.45. The average Bonchev–Trinajstić information content (AvgIpc) is 3.22. The second kappa shape index (κ2) is 11.9. The Morgan fingerprint density at radius 1 is 0.972 bits per heavy atom. The van der Waals surface area contributed by atoms with E-state index in [-0.39, 0.29) is 5.56 Å². The van der Waals surface area contributed by atoms with Gasteiger partial charge in [0.15, 0.2) is 11.6 Å². The summed E-state index contributed by atoms with van der Waals surface area (Å²) in [6, 6.07) is 10.8. The molecule has 36 heavy (non-hydrogen) atoms. The van der Waals surface area contributed by atoms with Crippen LogP contribution in [0, 0.1) is 23.4 Å². The summed E-state index contributed by atoms with van der Waals surface area (Å²) in [6.45, 7) is 10.6. The highest BCUT2D eigenvalue weighted by Crippen LogP contribution is 2.38. The van der Waals surface area contributed by atoms with Crippen LogP contribution in [-0.2, 0) is 6.42 Å². The van der Waals surface area contributed by atoms with Crippen molar-refractivity contribution in [3.05, 3.63) is 104 Å². The number of aryl methyl sites for hydroxylation is 1. The van der Waals surface area contributed by atoms with Gasteiger partial charge in [0.2, 0.25) is 0 Å².